The monoisotopic (exact) mass is 364 g/mol. The van der Waals surface area contributed by atoms with E-state index in [-0.39, 0.29) is 10.8 Å². The number of benzene rings is 5. The first-order chi connectivity index (χ1) is 13.1. The highest BCUT2D eigenvalue weighted by Crippen LogP contribution is 2.43. The van der Waals surface area contributed by atoms with Gasteiger partial charge in [0.15, 0.2) is 0 Å². The second-order valence-electron chi connectivity index (χ2n) is 10.4. The van der Waals surface area contributed by atoms with Crippen molar-refractivity contribution in [2.45, 2.75) is 52.4 Å². The third-order valence-corrected chi connectivity index (χ3v) is 6.27. The van der Waals surface area contributed by atoms with Crippen LogP contribution in [-0.4, -0.2) is 0 Å². The maximum Gasteiger partial charge on any atom is -0.00260 e. The minimum atomic E-state index is 0.119. The molecule has 0 aromatic heterocycles. The number of fused-ring (bicyclic) bond motifs is 2. The highest BCUT2D eigenvalue weighted by atomic mass is 14.3. The van der Waals surface area contributed by atoms with Crippen molar-refractivity contribution >= 4 is 43.1 Å². The van der Waals surface area contributed by atoms with Gasteiger partial charge in [0.05, 0.1) is 0 Å². The van der Waals surface area contributed by atoms with E-state index in [9.17, 15) is 0 Å². The summed E-state index contributed by atoms with van der Waals surface area (Å²) >= 11 is 0. The lowest BCUT2D eigenvalue weighted by Gasteiger charge is -2.25. The third-order valence-electron chi connectivity index (χ3n) is 6.27. The van der Waals surface area contributed by atoms with Crippen LogP contribution >= 0.6 is 0 Å². The van der Waals surface area contributed by atoms with Crippen molar-refractivity contribution < 1.29 is 0 Å². The molecule has 0 aliphatic carbocycles. The summed E-state index contributed by atoms with van der Waals surface area (Å²) in [5.74, 6) is 0. The Hall–Kier alpha value is -2.60. The van der Waals surface area contributed by atoms with Crippen LogP contribution < -0.4 is 0 Å². The molecule has 0 spiro atoms. The van der Waals surface area contributed by atoms with Crippen molar-refractivity contribution in [1.82, 2.24) is 0 Å². The van der Waals surface area contributed by atoms with Crippen LogP contribution in [0.25, 0.3) is 43.1 Å². The van der Waals surface area contributed by atoms with Gasteiger partial charge in [-0.2, -0.15) is 0 Å². The van der Waals surface area contributed by atoms with Crippen LogP contribution in [0.2, 0.25) is 0 Å². The zero-order chi connectivity index (χ0) is 19.8. The first-order valence-electron chi connectivity index (χ1n) is 10.3. The van der Waals surface area contributed by atoms with E-state index in [1.807, 2.05) is 0 Å². The molecule has 5 rings (SSSR count). The zero-order valence-corrected chi connectivity index (χ0v) is 17.8. The Kier molecular flexibility index (Phi) is 3.42. The van der Waals surface area contributed by atoms with Crippen molar-refractivity contribution in [3.8, 4) is 0 Å². The Morgan fingerprint density at radius 1 is 0.464 bits per heavy atom. The molecule has 0 unspecified atom stereocenters. The van der Waals surface area contributed by atoms with Crippen molar-refractivity contribution in [2.24, 2.45) is 0 Å². The van der Waals surface area contributed by atoms with Gasteiger partial charge in [-0.05, 0) is 77.2 Å². The van der Waals surface area contributed by atoms with Gasteiger partial charge in [0.25, 0.3) is 0 Å². The van der Waals surface area contributed by atoms with Crippen LogP contribution in [-0.2, 0) is 10.8 Å². The molecule has 0 heterocycles. The predicted molar refractivity (Wildman–Crippen MR) is 125 cm³/mol. The highest BCUT2D eigenvalue weighted by molar-refractivity contribution is 6.33. The Balaban J connectivity index is 2.13. The van der Waals surface area contributed by atoms with Gasteiger partial charge in [-0.15, -0.1) is 0 Å². The minimum Gasteiger partial charge on any atom is -0.0610 e. The minimum absolute atomic E-state index is 0.119. The first kappa shape index (κ1) is 17.5. The summed E-state index contributed by atoms with van der Waals surface area (Å²) in [5.41, 5.74) is 3.05. The lowest BCUT2D eigenvalue weighted by Crippen LogP contribution is -2.12. The normalized spacial score (nSPS) is 13.4. The molecule has 140 valence electrons. The fraction of sp³-hybridized carbons (Fsp3) is 0.286. The average Bonchev–Trinajstić information content (AvgIpc) is 2.63. The maximum absolute atomic E-state index is 2.44. The SMILES string of the molecule is CC(C)(C)c1cc2cc(C(C)(C)C)cc3c4cccc5cccc(c(c1)c23)c54. The standard InChI is InChI=1S/C28H28/c1-27(2,3)19-13-18-14-20(28(4,5)6)16-24-22-12-8-10-17-9-7-11-21(25(17)22)23(15-19)26(18)24/h7-16H,1-6H3. The average molecular weight is 365 g/mol. The van der Waals surface area contributed by atoms with E-state index in [1.165, 1.54) is 54.2 Å². The summed E-state index contributed by atoms with van der Waals surface area (Å²) in [4.78, 5) is 0. The van der Waals surface area contributed by atoms with Crippen molar-refractivity contribution in [1.29, 1.82) is 0 Å². The van der Waals surface area contributed by atoms with Crippen LogP contribution in [0.1, 0.15) is 52.7 Å². The Labute approximate surface area is 167 Å². The molecule has 0 aliphatic heterocycles. The second kappa shape index (κ2) is 5.47. The summed E-state index contributed by atoms with van der Waals surface area (Å²) in [6.45, 7) is 13.9. The lowest BCUT2D eigenvalue weighted by molar-refractivity contribution is 0.590. The number of hydrogen-bond acceptors (Lipinski definition) is 0. The molecular weight excluding hydrogens is 336 g/mol. The van der Waals surface area contributed by atoms with Gasteiger partial charge in [0.1, 0.15) is 0 Å². The fourth-order valence-corrected chi connectivity index (χ4v) is 4.60. The number of rotatable bonds is 0. The quantitative estimate of drug-likeness (QED) is 0.191. The maximum atomic E-state index is 2.44. The molecule has 5 aromatic carbocycles. The van der Waals surface area contributed by atoms with Crippen LogP contribution in [0.5, 0.6) is 0 Å². The molecule has 0 amide bonds. The van der Waals surface area contributed by atoms with Gasteiger partial charge in [0.2, 0.25) is 0 Å². The van der Waals surface area contributed by atoms with E-state index in [2.05, 4.69) is 102 Å². The summed E-state index contributed by atoms with van der Waals surface area (Å²) in [5, 5.41) is 11.0. The topological polar surface area (TPSA) is 0 Å². The van der Waals surface area contributed by atoms with Gasteiger partial charge in [-0.3, -0.25) is 0 Å². The van der Waals surface area contributed by atoms with Gasteiger partial charge in [-0.1, -0.05) is 90.1 Å². The molecule has 0 nitrogen and oxygen atoms in total. The molecule has 0 saturated carbocycles. The second-order valence-corrected chi connectivity index (χ2v) is 10.4. The third kappa shape index (κ3) is 2.44. The van der Waals surface area contributed by atoms with E-state index in [1.54, 1.807) is 0 Å². The molecule has 5 aromatic rings. The molecule has 0 aliphatic rings. The molecule has 0 fully saturated rings. The van der Waals surface area contributed by atoms with Gasteiger partial charge < -0.3 is 0 Å². The zero-order valence-electron chi connectivity index (χ0n) is 17.8. The van der Waals surface area contributed by atoms with E-state index in [0.717, 1.165) is 0 Å². The summed E-state index contributed by atoms with van der Waals surface area (Å²) in [6.07, 6.45) is 0. The summed E-state index contributed by atoms with van der Waals surface area (Å²) in [6, 6.07) is 23.2. The molecular formula is C28H28. The van der Waals surface area contributed by atoms with Crippen molar-refractivity contribution in [3.63, 3.8) is 0 Å². The fourth-order valence-electron chi connectivity index (χ4n) is 4.60. The Bertz CT molecular complexity index is 1260. The van der Waals surface area contributed by atoms with Crippen LogP contribution in [0.15, 0.2) is 60.7 Å². The molecule has 28 heavy (non-hydrogen) atoms. The van der Waals surface area contributed by atoms with Crippen molar-refractivity contribution in [2.75, 3.05) is 0 Å². The highest BCUT2D eigenvalue weighted by Gasteiger charge is 2.21. The predicted octanol–water partition coefficient (Wildman–Crippen LogP) is 8.33. The van der Waals surface area contributed by atoms with Gasteiger partial charge in [0, 0.05) is 0 Å². The number of hydrogen-bond donors (Lipinski definition) is 0. The van der Waals surface area contributed by atoms with E-state index in [4.69, 9.17) is 0 Å². The molecule has 0 saturated heterocycles. The smallest absolute Gasteiger partial charge is 0.00260 e. The Morgan fingerprint density at radius 3 is 1.32 bits per heavy atom. The van der Waals surface area contributed by atoms with Crippen molar-refractivity contribution in [3.05, 3.63) is 71.8 Å². The van der Waals surface area contributed by atoms with Crippen LogP contribution in [0, 0.1) is 0 Å². The van der Waals surface area contributed by atoms with Crippen LogP contribution in [0.3, 0.4) is 0 Å². The van der Waals surface area contributed by atoms with Gasteiger partial charge in [-0.25, -0.2) is 0 Å². The Morgan fingerprint density at radius 2 is 0.893 bits per heavy atom. The van der Waals surface area contributed by atoms with E-state index >= 15 is 0 Å². The van der Waals surface area contributed by atoms with Crippen LogP contribution in [0.4, 0.5) is 0 Å². The largest absolute Gasteiger partial charge is 0.0610 e. The molecule has 0 bridgehead atoms. The first-order valence-corrected chi connectivity index (χ1v) is 10.3. The molecule has 0 heteroatoms. The summed E-state index contributed by atoms with van der Waals surface area (Å²) < 4.78 is 0. The molecule has 0 atom stereocenters. The lowest BCUT2D eigenvalue weighted by atomic mass is 9.79. The molecule has 0 radical (unpaired) electrons. The van der Waals surface area contributed by atoms with E-state index < -0.39 is 0 Å². The van der Waals surface area contributed by atoms with Gasteiger partial charge >= 0.3 is 0 Å². The summed E-state index contributed by atoms with van der Waals surface area (Å²) in [7, 11) is 0. The molecule has 0 N–H and O–H groups in total. The van der Waals surface area contributed by atoms with E-state index in [0.29, 0.717) is 0 Å².